The minimum atomic E-state index is -0.497. The second-order valence-corrected chi connectivity index (χ2v) is 9.01. The van der Waals surface area contributed by atoms with E-state index in [0.29, 0.717) is 48.0 Å². The molecule has 2 N–H and O–H groups in total. The van der Waals surface area contributed by atoms with Crippen molar-refractivity contribution in [1.82, 2.24) is 5.32 Å². The van der Waals surface area contributed by atoms with Crippen molar-refractivity contribution in [2.75, 3.05) is 13.7 Å². The summed E-state index contributed by atoms with van der Waals surface area (Å²) in [6, 6.07) is 0. The number of carbonyl (C=O) groups is 2. The van der Waals surface area contributed by atoms with E-state index in [-0.39, 0.29) is 23.8 Å². The average molecular weight is 426 g/mol. The minimum Gasteiger partial charge on any atom is -0.507 e. The largest absolute Gasteiger partial charge is 0.507 e. The fourth-order valence-corrected chi connectivity index (χ4v) is 5.18. The zero-order valence-corrected chi connectivity index (χ0v) is 18.5. The number of hydrogen-bond donors (Lipinski definition) is 2. The Balaban J connectivity index is 1.34. The van der Waals surface area contributed by atoms with Crippen molar-refractivity contribution >= 4 is 11.9 Å². The number of allylic oxidation sites excluding steroid dienone is 4. The Bertz CT molecular complexity index is 961. The van der Waals surface area contributed by atoms with Gasteiger partial charge in [-0.3, -0.25) is 4.79 Å². The minimum absolute atomic E-state index is 0.0679. The Hall–Kier alpha value is -2.76. The first-order valence-corrected chi connectivity index (χ1v) is 11.1. The predicted octanol–water partition coefficient (Wildman–Crippen LogP) is 3.98. The highest BCUT2D eigenvalue weighted by atomic mass is 16.5. The van der Waals surface area contributed by atoms with Gasteiger partial charge in [0, 0.05) is 24.1 Å². The van der Waals surface area contributed by atoms with Crippen LogP contribution in [0.3, 0.4) is 0 Å². The predicted molar refractivity (Wildman–Crippen MR) is 117 cm³/mol. The lowest BCUT2D eigenvalue weighted by molar-refractivity contribution is -0.121. The molecule has 166 valence electrons. The molecule has 0 unspecified atom stereocenters. The number of ether oxygens (including phenoxy) is 2. The quantitative estimate of drug-likeness (QED) is 0.486. The van der Waals surface area contributed by atoms with Gasteiger partial charge >= 0.3 is 5.97 Å². The van der Waals surface area contributed by atoms with Crippen LogP contribution in [0.2, 0.25) is 0 Å². The Kier molecular flexibility index (Phi) is 6.08. The first-order chi connectivity index (χ1) is 14.9. The lowest BCUT2D eigenvalue weighted by Gasteiger charge is -2.18. The van der Waals surface area contributed by atoms with Gasteiger partial charge in [0.2, 0.25) is 5.91 Å². The molecule has 1 saturated carbocycles. The van der Waals surface area contributed by atoms with Gasteiger partial charge in [0.1, 0.15) is 23.7 Å². The number of esters is 1. The Labute approximate surface area is 183 Å². The van der Waals surface area contributed by atoms with Gasteiger partial charge in [-0.2, -0.15) is 0 Å². The van der Waals surface area contributed by atoms with Crippen molar-refractivity contribution in [3.63, 3.8) is 0 Å². The zero-order valence-electron chi connectivity index (χ0n) is 18.5. The smallest absolute Gasteiger partial charge is 0.342 e. The number of phenols is 1. The molecule has 2 bridgehead atoms. The standard InChI is InChI=1S/C25H31NO5/c1-14(5-9-21(27)26-12-18-11-16-6-7-17(18)10-16)4-8-19-23(28)22-20(13-31-25(22)29)15(2)24(19)30-3/h4,6-7,16-18,28H,5,8-13H2,1-3H3,(H,26,27)/b14-4+/t16-,17-,18-/m0/s1. The van der Waals surface area contributed by atoms with Crippen molar-refractivity contribution in [2.24, 2.45) is 17.8 Å². The molecular formula is C25H31NO5. The molecule has 1 aliphatic heterocycles. The third kappa shape index (κ3) is 4.21. The van der Waals surface area contributed by atoms with E-state index < -0.39 is 5.97 Å². The van der Waals surface area contributed by atoms with Gasteiger partial charge in [0.05, 0.1) is 7.11 Å². The second kappa shape index (κ2) is 8.77. The van der Waals surface area contributed by atoms with Crippen LogP contribution in [0.1, 0.15) is 59.7 Å². The summed E-state index contributed by atoms with van der Waals surface area (Å²) in [7, 11) is 1.56. The molecule has 3 atom stereocenters. The molecule has 4 rings (SSSR count). The fraction of sp³-hybridized carbons (Fsp3) is 0.520. The number of rotatable bonds is 8. The molecule has 1 aromatic carbocycles. The van der Waals surface area contributed by atoms with Crippen LogP contribution >= 0.6 is 0 Å². The Morgan fingerprint density at radius 2 is 2.13 bits per heavy atom. The summed E-state index contributed by atoms with van der Waals surface area (Å²) in [6.07, 6.45) is 10.6. The molecule has 0 saturated heterocycles. The number of fused-ring (bicyclic) bond motifs is 3. The van der Waals surface area contributed by atoms with E-state index in [9.17, 15) is 14.7 Å². The van der Waals surface area contributed by atoms with E-state index in [1.165, 1.54) is 12.8 Å². The van der Waals surface area contributed by atoms with Crippen LogP contribution in [-0.4, -0.2) is 30.6 Å². The summed E-state index contributed by atoms with van der Waals surface area (Å²) >= 11 is 0. The van der Waals surface area contributed by atoms with Gasteiger partial charge in [-0.05, 0) is 62.8 Å². The zero-order chi connectivity index (χ0) is 22.1. The molecule has 6 nitrogen and oxygen atoms in total. The monoisotopic (exact) mass is 425 g/mol. The first-order valence-electron chi connectivity index (χ1n) is 11.1. The van der Waals surface area contributed by atoms with E-state index in [2.05, 4.69) is 17.5 Å². The highest BCUT2D eigenvalue weighted by molar-refractivity contribution is 5.98. The number of methoxy groups -OCH3 is 1. The Morgan fingerprint density at radius 3 is 2.81 bits per heavy atom. The van der Waals surface area contributed by atoms with Crippen LogP contribution < -0.4 is 10.1 Å². The molecule has 1 heterocycles. The maximum atomic E-state index is 12.3. The number of aromatic hydroxyl groups is 1. The van der Waals surface area contributed by atoms with E-state index in [0.717, 1.165) is 23.6 Å². The van der Waals surface area contributed by atoms with Gasteiger partial charge in [0.15, 0.2) is 0 Å². The highest BCUT2D eigenvalue weighted by Gasteiger charge is 2.35. The lowest BCUT2D eigenvalue weighted by atomic mass is 9.93. The van der Waals surface area contributed by atoms with Crippen molar-refractivity contribution in [2.45, 2.75) is 52.6 Å². The molecule has 0 radical (unpaired) electrons. The van der Waals surface area contributed by atoms with Crippen molar-refractivity contribution in [1.29, 1.82) is 0 Å². The maximum Gasteiger partial charge on any atom is 0.342 e. The summed E-state index contributed by atoms with van der Waals surface area (Å²) in [4.78, 5) is 24.3. The topological polar surface area (TPSA) is 84.9 Å². The van der Waals surface area contributed by atoms with Crippen LogP contribution in [-0.2, 0) is 22.6 Å². The molecule has 6 heteroatoms. The van der Waals surface area contributed by atoms with Crippen LogP contribution in [0.5, 0.6) is 11.5 Å². The fourth-order valence-electron chi connectivity index (χ4n) is 5.18. The molecule has 2 aliphatic carbocycles. The third-order valence-corrected chi connectivity index (χ3v) is 7.03. The molecular weight excluding hydrogens is 394 g/mol. The molecule has 1 fully saturated rings. The number of carbonyl (C=O) groups excluding carboxylic acids is 2. The molecule has 0 aromatic heterocycles. The van der Waals surface area contributed by atoms with Crippen LogP contribution in [0.25, 0.3) is 0 Å². The summed E-state index contributed by atoms with van der Waals surface area (Å²) in [5.41, 5.74) is 3.38. The van der Waals surface area contributed by atoms with E-state index >= 15 is 0 Å². The third-order valence-electron chi connectivity index (χ3n) is 7.03. The van der Waals surface area contributed by atoms with Gasteiger partial charge in [-0.25, -0.2) is 4.79 Å². The number of benzene rings is 1. The SMILES string of the molecule is COc1c(C)c2c(c(O)c1C/C=C(\C)CCC(=O)NC[C@@H]1C[C@H]3C=C[C@H]1C3)C(=O)OC2. The molecule has 1 aromatic rings. The summed E-state index contributed by atoms with van der Waals surface area (Å²) in [5.74, 6) is 2.04. The normalized spacial score (nSPS) is 23.8. The summed E-state index contributed by atoms with van der Waals surface area (Å²) < 4.78 is 10.6. The molecule has 31 heavy (non-hydrogen) atoms. The lowest BCUT2D eigenvalue weighted by Crippen LogP contribution is -2.30. The van der Waals surface area contributed by atoms with Gasteiger partial charge in [-0.1, -0.05) is 23.8 Å². The van der Waals surface area contributed by atoms with Crippen molar-refractivity contribution < 1.29 is 24.2 Å². The van der Waals surface area contributed by atoms with Crippen LogP contribution in [0.4, 0.5) is 0 Å². The van der Waals surface area contributed by atoms with Gasteiger partial charge in [-0.15, -0.1) is 0 Å². The molecule has 1 amide bonds. The van der Waals surface area contributed by atoms with E-state index in [1.807, 2.05) is 19.9 Å². The van der Waals surface area contributed by atoms with Gasteiger partial charge < -0.3 is 19.9 Å². The molecule has 3 aliphatic rings. The number of phenolic OH excluding ortho intramolecular Hbond substituents is 1. The first kappa shape index (κ1) is 21.5. The van der Waals surface area contributed by atoms with Gasteiger partial charge in [0.25, 0.3) is 0 Å². The highest BCUT2D eigenvalue weighted by Crippen LogP contribution is 2.43. The van der Waals surface area contributed by atoms with Crippen LogP contribution in [0, 0.1) is 24.7 Å². The average Bonchev–Trinajstić information content (AvgIpc) is 3.48. The van der Waals surface area contributed by atoms with E-state index in [1.54, 1.807) is 7.11 Å². The number of nitrogens with one attached hydrogen (secondary N) is 1. The summed E-state index contributed by atoms with van der Waals surface area (Å²) in [5, 5.41) is 13.8. The number of cyclic esters (lactones) is 1. The number of hydrogen-bond acceptors (Lipinski definition) is 5. The second-order valence-electron chi connectivity index (χ2n) is 9.01. The van der Waals surface area contributed by atoms with Crippen molar-refractivity contribution in [3.8, 4) is 11.5 Å². The van der Waals surface area contributed by atoms with Crippen molar-refractivity contribution in [3.05, 3.63) is 46.1 Å². The van der Waals surface area contributed by atoms with E-state index in [4.69, 9.17) is 9.47 Å². The summed E-state index contributed by atoms with van der Waals surface area (Å²) in [6.45, 7) is 4.77. The van der Waals surface area contributed by atoms with Crippen LogP contribution in [0.15, 0.2) is 23.8 Å². The number of amides is 1. The Morgan fingerprint density at radius 1 is 1.32 bits per heavy atom. The molecule has 0 spiro atoms. The maximum absolute atomic E-state index is 12.3.